The Balaban J connectivity index is 1.45. The molecule has 10 nitrogen and oxygen atoms in total. The lowest BCUT2D eigenvalue weighted by atomic mass is 10.1. The van der Waals surface area contributed by atoms with Gasteiger partial charge in [-0.1, -0.05) is 23.4 Å². The molecule has 1 N–H and O–H groups in total. The van der Waals surface area contributed by atoms with Gasteiger partial charge < -0.3 is 9.47 Å². The minimum atomic E-state index is -3.77. The quantitative estimate of drug-likeness (QED) is 0.321. The van der Waals surface area contributed by atoms with Crippen LogP contribution in [0.4, 0.5) is 0 Å². The molecule has 0 amide bonds. The Kier molecular flexibility index (Phi) is 7.54. The zero-order chi connectivity index (χ0) is 24.8. The summed E-state index contributed by atoms with van der Waals surface area (Å²) in [5.74, 6) is 0.219. The number of rotatable bonds is 10. The molecule has 4 rings (SSSR count). The van der Waals surface area contributed by atoms with Crippen molar-refractivity contribution in [1.29, 1.82) is 0 Å². The number of carbonyl (C=O) groups excluding carboxylic acids is 1. The molecule has 1 aromatic carbocycles. The average Bonchev–Trinajstić information content (AvgIpc) is 3.57. The van der Waals surface area contributed by atoms with Gasteiger partial charge >= 0.3 is 5.97 Å². The molecule has 1 atom stereocenters. The molecule has 3 aromatic heterocycles. The van der Waals surface area contributed by atoms with Crippen LogP contribution in [0.25, 0.3) is 10.4 Å². The second-order valence-corrected chi connectivity index (χ2v) is 10.5. The molecule has 12 heteroatoms. The summed E-state index contributed by atoms with van der Waals surface area (Å²) < 4.78 is 39.8. The number of carbonyl (C=O) groups is 1. The first-order valence-electron chi connectivity index (χ1n) is 10.5. The van der Waals surface area contributed by atoms with Gasteiger partial charge in [0.05, 0.1) is 32.7 Å². The first-order valence-corrected chi connectivity index (χ1v) is 12.8. The maximum Gasteiger partial charge on any atom is 0.331 e. The smallest absolute Gasteiger partial charge is 0.331 e. The van der Waals surface area contributed by atoms with E-state index in [0.29, 0.717) is 17.9 Å². The highest BCUT2D eigenvalue weighted by Crippen LogP contribution is 2.30. The van der Waals surface area contributed by atoms with Crippen LogP contribution in [0.3, 0.4) is 0 Å². The van der Waals surface area contributed by atoms with Crippen molar-refractivity contribution in [2.45, 2.75) is 23.2 Å². The van der Waals surface area contributed by atoms with Gasteiger partial charge in [-0.25, -0.2) is 22.6 Å². The van der Waals surface area contributed by atoms with Crippen molar-refractivity contribution in [1.82, 2.24) is 24.7 Å². The van der Waals surface area contributed by atoms with Crippen LogP contribution < -0.4 is 9.46 Å². The highest BCUT2D eigenvalue weighted by Gasteiger charge is 2.24. The first kappa shape index (κ1) is 24.5. The molecule has 35 heavy (non-hydrogen) atoms. The van der Waals surface area contributed by atoms with E-state index >= 15 is 0 Å². The Morgan fingerprint density at radius 3 is 2.63 bits per heavy atom. The molecule has 4 aromatic rings. The summed E-state index contributed by atoms with van der Waals surface area (Å²) in [5, 5.41) is 8.06. The lowest BCUT2D eigenvalue weighted by Crippen LogP contribution is -2.24. The summed E-state index contributed by atoms with van der Waals surface area (Å²) >= 11 is 1.15. The van der Waals surface area contributed by atoms with Crippen LogP contribution in [-0.4, -0.2) is 48.6 Å². The molecular formula is C23H23N5O5S2. The first-order chi connectivity index (χ1) is 16.9. The molecule has 0 fully saturated rings. The van der Waals surface area contributed by atoms with E-state index in [1.165, 1.54) is 18.0 Å². The standard InChI is InChI=1S/C23H23N5O5S2/c1-32-19-7-5-16(6-8-19)12-20(23(29)33-2)28-15-18(26-27-28)14-25-35(30,31)22-10-9-21(34-22)17-4-3-11-24-13-17/h3-11,13,15,20,25H,12,14H2,1-2H3/t20-/m0/s1. The third-order valence-corrected chi connectivity index (χ3v) is 8.20. The van der Waals surface area contributed by atoms with Gasteiger partial charge in [-0.05, 0) is 35.9 Å². The van der Waals surface area contributed by atoms with Crippen molar-refractivity contribution in [3.05, 3.63) is 78.4 Å². The van der Waals surface area contributed by atoms with Crippen molar-refractivity contribution < 1.29 is 22.7 Å². The molecule has 0 saturated carbocycles. The predicted molar refractivity (Wildman–Crippen MR) is 129 cm³/mol. The molecule has 3 heterocycles. The van der Waals surface area contributed by atoms with E-state index in [1.807, 2.05) is 18.2 Å². The fraction of sp³-hybridized carbons (Fsp3) is 0.217. The van der Waals surface area contributed by atoms with E-state index in [1.54, 1.807) is 49.8 Å². The molecule has 0 aliphatic rings. The number of nitrogens with one attached hydrogen (secondary N) is 1. The third-order valence-electron chi connectivity index (χ3n) is 5.17. The number of pyridine rings is 1. The molecule has 0 aliphatic heterocycles. The minimum Gasteiger partial charge on any atom is -0.497 e. The second kappa shape index (κ2) is 10.8. The molecular weight excluding hydrogens is 490 g/mol. The monoisotopic (exact) mass is 513 g/mol. The highest BCUT2D eigenvalue weighted by atomic mass is 32.2. The predicted octanol–water partition coefficient (Wildman–Crippen LogP) is 2.85. The largest absolute Gasteiger partial charge is 0.497 e. The number of hydrogen-bond acceptors (Lipinski definition) is 9. The van der Waals surface area contributed by atoms with E-state index in [4.69, 9.17) is 9.47 Å². The van der Waals surface area contributed by atoms with E-state index < -0.39 is 22.0 Å². The Morgan fingerprint density at radius 1 is 1.14 bits per heavy atom. The summed E-state index contributed by atoms with van der Waals surface area (Å²) in [6.07, 6.45) is 5.18. The topological polar surface area (TPSA) is 125 Å². The number of hydrogen-bond donors (Lipinski definition) is 1. The zero-order valence-corrected chi connectivity index (χ0v) is 20.6. The second-order valence-electron chi connectivity index (χ2n) is 7.47. The number of benzene rings is 1. The third kappa shape index (κ3) is 5.91. The van der Waals surface area contributed by atoms with Gasteiger partial charge in [0, 0.05) is 29.3 Å². The van der Waals surface area contributed by atoms with E-state index in [0.717, 1.165) is 27.3 Å². The maximum absolute atomic E-state index is 12.8. The van der Waals surface area contributed by atoms with Crippen LogP contribution in [0.5, 0.6) is 5.75 Å². The van der Waals surface area contributed by atoms with Crippen molar-refractivity contribution in [3.8, 4) is 16.2 Å². The van der Waals surface area contributed by atoms with Gasteiger partial charge in [0.25, 0.3) is 0 Å². The van der Waals surface area contributed by atoms with E-state index in [2.05, 4.69) is 20.0 Å². The normalized spacial score (nSPS) is 12.3. The summed E-state index contributed by atoms with van der Waals surface area (Å²) in [7, 11) is -0.885. The molecule has 182 valence electrons. The molecule has 0 unspecified atom stereocenters. The van der Waals surface area contributed by atoms with Crippen molar-refractivity contribution in [2.24, 2.45) is 0 Å². The minimum absolute atomic E-state index is 0.0844. The van der Waals surface area contributed by atoms with E-state index in [9.17, 15) is 13.2 Å². The Bertz CT molecular complexity index is 1390. The Morgan fingerprint density at radius 2 is 1.94 bits per heavy atom. The SMILES string of the molecule is COC(=O)[C@H](Cc1ccc(OC)cc1)n1cc(CNS(=O)(=O)c2ccc(-c3cccnc3)s2)nn1. The van der Waals surface area contributed by atoms with Crippen molar-refractivity contribution >= 4 is 27.3 Å². The summed E-state index contributed by atoms with van der Waals surface area (Å²) in [6, 6.07) is 13.5. The molecule has 0 aliphatic carbocycles. The van der Waals surface area contributed by atoms with Gasteiger partial charge in [0.1, 0.15) is 9.96 Å². The number of sulfonamides is 1. The van der Waals surface area contributed by atoms with Crippen LogP contribution in [0.1, 0.15) is 17.3 Å². The van der Waals surface area contributed by atoms with Gasteiger partial charge in [-0.15, -0.1) is 16.4 Å². The number of esters is 1. The van der Waals surface area contributed by atoms with Crippen LogP contribution in [-0.2, 0) is 32.5 Å². The van der Waals surface area contributed by atoms with Crippen LogP contribution >= 0.6 is 11.3 Å². The van der Waals surface area contributed by atoms with Gasteiger partial charge in [0.15, 0.2) is 6.04 Å². The average molecular weight is 514 g/mol. The van der Waals surface area contributed by atoms with Crippen LogP contribution in [0.15, 0.2) is 71.3 Å². The fourth-order valence-electron chi connectivity index (χ4n) is 3.32. The molecule has 0 radical (unpaired) electrons. The summed E-state index contributed by atoms with van der Waals surface area (Å²) in [4.78, 5) is 17.3. The fourth-order valence-corrected chi connectivity index (χ4v) is 5.66. The maximum atomic E-state index is 12.8. The van der Waals surface area contributed by atoms with E-state index in [-0.39, 0.29) is 10.8 Å². The van der Waals surface area contributed by atoms with Crippen molar-refractivity contribution in [2.75, 3.05) is 14.2 Å². The van der Waals surface area contributed by atoms with Crippen LogP contribution in [0, 0.1) is 0 Å². The Labute approximate surface area is 206 Å². The Hall–Kier alpha value is -3.61. The molecule has 0 saturated heterocycles. The molecule has 0 spiro atoms. The van der Waals surface area contributed by atoms with Gasteiger partial charge in [0.2, 0.25) is 10.0 Å². The number of ether oxygens (including phenoxy) is 2. The van der Waals surface area contributed by atoms with Gasteiger partial charge in [-0.2, -0.15) is 0 Å². The zero-order valence-electron chi connectivity index (χ0n) is 19.0. The highest BCUT2D eigenvalue weighted by molar-refractivity contribution is 7.91. The molecule has 0 bridgehead atoms. The van der Waals surface area contributed by atoms with Crippen LogP contribution in [0.2, 0.25) is 0 Å². The number of methoxy groups -OCH3 is 2. The number of nitrogens with zero attached hydrogens (tertiary/aromatic N) is 4. The number of thiophene rings is 1. The summed E-state index contributed by atoms with van der Waals surface area (Å²) in [5.41, 5.74) is 2.08. The van der Waals surface area contributed by atoms with Gasteiger partial charge in [-0.3, -0.25) is 4.98 Å². The van der Waals surface area contributed by atoms with Crippen molar-refractivity contribution in [3.63, 3.8) is 0 Å². The number of aromatic nitrogens is 4. The lowest BCUT2D eigenvalue weighted by molar-refractivity contribution is -0.144. The lowest BCUT2D eigenvalue weighted by Gasteiger charge is -2.14. The summed E-state index contributed by atoms with van der Waals surface area (Å²) in [6.45, 7) is -0.0844.